The molecule has 0 aliphatic carbocycles. The van der Waals surface area contributed by atoms with E-state index in [2.05, 4.69) is 22.9 Å². The number of benzene rings is 1. The molecule has 1 aromatic carbocycles. The summed E-state index contributed by atoms with van der Waals surface area (Å²) in [5, 5.41) is 11.4. The van der Waals surface area contributed by atoms with Crippen LogP contribution >= 0.6 is 22.7 Å². The SMILES string of the molecule is COCCNCCC(=O)Nc1sc2c(c1-c1nc3cc(F)ccc3s1)C[C@@H](C)NC2. The zero-order valence-electron chi connectivity index (χ0n) is 17.0. The van der Waals surface area contributed by atoms with E-state index in [-0.39, 0.29) is 11.7 Å². The first-order chi connectivity index (χ1) is 14.5. The highest BCUT2D eigenvalue weighted by atomic mass is 32.1. The number of methoxy groups -OCH3 is 1. The van der Waals surface area contributed by atoms with Gasteiger partial charge in [-0.25, -0.2) is 9.37 Å². The summed E-state index contributed by atoms with van der Waals surface area (Å²) < 4.78 is 19.6. The number of amides is 1. The Bertz CT molecular complexity index is 1050. The van der Waals surface area contributed by atoms with Crippen molar-refractivity contribution in [1.29, 1.82) is 0 Å². The van der Waals surface area contributed by atoms with Gasteiger partial charge in [-0.15, -0.1) is 22.7 Å². The third-order valence-electron chi connectivity index (χ3n) is 5.04. The van der Waals surface area contributed by atoms with Crippen molar-refractivity contribution >= 4 is 43.8 Å². The first kappa shape index (κ1) is 21.3. The Morgan fingerprint density at radius 2 is 2.23 bits per heavy atom. The van der Waals surface area contributed by atoms with Crippen LogP contribution in [-0.2, 0) is 22.5 Å². The summed E-state index contributed by atoms with van der Waals surface area (Å²) >= 11 is 3.14. The molecule has 0 bridgehead atoms. The normalized spacial score (nSPS) is 16.0. The molecular weight excluding hydrogens is 423 g/mol. The van der Waals surface area contributed by atoms with Gasteiger partial charge in [-0.3, -0.25) is 4.79 Å². The highest BCUT2D eigenvalue weighted by Gasteiger charge is 2.27. The van der Waals surface area contributed by atoms with Gasteiger partial charge in [0.1, 0.15) is 15.8 Å². The Kier molecular flexibility index (Phi) is 6.74. The average Bonchev–Trinajstić information content (AvgIpc) is 3.27. The van der Waals surface area contributed by atoms with Crippen molar-refractivity contribution in [3.63, 3.8) is 0 Å². The van der Waals surface area contributed by atoms with E-state index in [0.29, 0.717) is 37.7 Å². The molecule has 9 heteroatoms. The highest BCUT2D eigenvalue weighted by Crippen LogP contribution is 2.45. The van der Waals surface area contributed by atoms with Crippen LogP contribution in [0.1, 0.15) is 23.8 Å². The van der Waals surface area contributed by atoms with Crippen molar-refractivity contribution in [2.75, 3.05) is 32.1 Å². The van der Waals surface area contributed by atoms with Gasteiger partial charge in [0.05, 0.1) is 16.8 Å². The Morgan fingerprint density at radius 3 is 3.07 bits per heavy atom. The fourth-order valence-electron chi connectivity index (χ4n) is 3.53. The molecule has 1 atom stereocenters. The molecule has 3 heterocycles. The van der Waals surface area contributed by atoms with E-state index in [1.54, 1.807) is 24.5 Å². The standard InChI is InChI=1S/C21H25FN4O2S2/c1-12-9-14-17(11-24-12)30-21(26-18(27)5-6-23-7-8-28-2)19(14)20-25-15-10-13(22)3-4-16(15)29-20/h3-4,10,12,23-24H,5-9,11H2,1-2H3,(H,26,27)/t12-/m1/s1. The van der Waals surface area contributed by atoms with Crippen molar-refractivity contribution in [3.05, 3.63) is 34.5 Å². The maximum Gasteiger partial charge on any atom is 0.226 e. The van der Waals surface area contributed by atoms with E-state index in [1.807, 2.05) is 0 Å². The second-order valence-electron chi connectivity index (χ2n) is 7.37. The molecule has 0 saturated heterocycles. The van der Waals surface area contributed by atoms with Crippen LogP contribution in [0.4, 0.5) is 9.39 Å². The minimum Gasteiger partial charge on any atom is -0.383 e. The lowest BCUT2D eigenvalue weighted by atomic mass is 9.99. The second kappa shape index (κ2) is 9.49. The fraction of sp³-hybridized carbons (Fsp3) is 0.429. The lowest BCUT2D eigenvalue weighted by Gasteiger charge is -2.20. The molecule has 0 saturated carbocycles. The van der Waals surface area contributed by atoms with Gasteiger partial charge in [-0.05, 0) is 31.0 Å². The number of rotatable bonds is 8. The van der Waals surface area contributed by atoms with Crippen LogP contribution < -0.4 is 16.0 Å². The van der Waals surface area contributed by atoms with E-state index < -0.39 is 0 Å². The van der Waals surface area contributed by atoms with Gasteiger partial charge in [-0.2, -0.15) is 0 Å². The number of thiophene rings is 1. The molecule has 1 aliphatic rings. The third kappa shape index (κ3) is 4.70. The molecular formula is C21H25FN4O2S2. The Hall–Kier alpha value is -1.91. The predicted molar refractivity (Wildman–Crippen MR) is 121 cm³/mol. The number of halogens is 1. The largest absolute Gasteiger partial charge is 0.383 e. The van der Waals surface area contributed by atoms with E-state index in [1.165, 1.54) is 33.9 Å². The zero-order chi connectivity index (χ0) is 21.1. The predicted octanol–water partition coefficient (Wildman–Crippen LogP) is 3.76. The number of nitrogens with zero attached hydrogens (tertiary/aromatic N) is 1. The second-order valence-corrected chi connectivity index (χ2v) is 9.50. The first-order valence-electron chi connectivity index (χ1n) is 9.99. The van der Waals surface area contributed by atoms with Crippen LogP contribution in [-0.4, -0.2) is 43.7 Å². The van der Waals surface area contributed by atoms with Gasteiger partial charge in [0.15, 0.2) is 0 Å². The summed E-state index contributed by atoms with van der Waals surface area (Å²) in [4.78, 5) is 18.5. The Balaban J connectivity index is 1.61. The number of ether oxygens (including phenoxy) is 1. The van der Waals surface area contributed by atoms with Crippen LogP contribution in [0.5, 0.6) is 0 Å². The van der Waals surface area contributed by atoms with Gasteiger partial charge < -0.3 is 20.7 Å². The van der Waals surface area contributed by atoms with E-state index in [0.717, 1.165) is 33.2 Å². The van der Waals surface area contributed by atoms with Crippen LogP contribution in [0.15, 0.2) is 18.2 Å². The van der Waals surface area contributed by atoms with Crippen molar-refractivity contribution in [2.45, 2.75) is 32.4 Å². The number of thiazole rings is 1. The molecule has 0 radical (unpaired) electrons. The number of hydrogen-bond acceptors (Lipinski definition) is 7. The zero-order valence-corrected chi connectivity index (χ0v) is 18.6. The lowest BCUT2D eigenvalue weighted by molar-refractivity contribution is -0.116. The van der Waals surface area contributed by atoms with Gasteiger partial charge in [-0.1, -0.05) is 0 Å². The summed E-state index contributed by atoms with van der Waals surface area (Å²) in [6, 6.07) is 5.03. The first-order valence-corrected chi connectivity index (χ1v) is 11.6. The minimum atomic E-state index is -0.293. The van der Waals surface area contributed by atoms with Gasteiger partial charge in [0.25, 0.3) is 0 Å². The summed E-state index contributed by atoms with van der Waals surface area (Å²) in [7, 11) is 1.65. The average molecular weight is 449 g/mol. The molecule has 0 spiro atoms. The molecule has 1 aliphatic heterocycles. The van der Waals surface area contributed by atoms with Crippen molar-refractivity contribution in [3.8, 4) is 10.6 Å². The molecule has 1 amide bonds. The van der Waals surface area contributed by atoms with Gasteiger partial charge >= 0.3 is 0 Å². The van der Waals surface area contributed by atoms with Crippen molar-refractivity contribution < 1.29 is 13.9 Å². The molecule has 160 valence electrons. The fourth-order valence-corrected chi connectivity index (χ4v) is 5.82. The van der Waals surface area contributed by atoms with E-state index >= 15 is 0 Å². The van der Waals surface area contributed by atoms with Crippen molar-refractivity contribution in [1.82, 2.24) is 15.6 Å². The number of hydrogen-bond donors (Lipinski definition) is 3. The molecule has 2 aromatic heterocycles. The highest BCUT2D eigenvalue weighted by molar-refractivity contribution is 7.22. The van der Waals surface area contributed by atoms with Crippen LogP contribution in [0, 0.1) is 5.82 Å². The smallest absolute Gasteiger partial charge is 0.226 e. The number of anilines is 1. The summed E-state index contributed by atoms with van der Waals surface area (Å²) in [5.74, 6) is -0.327. The molecule has 4 rings (SSSR count). The topological polar surface area (TPSA) is 75.3 Å². The maximum atomic E-state index is 13.6. The quantitative estimate of drug-likeness (QED) is 0.458. The van der Waals surface area contributed by atoms with Crippen LogP contribution in [0.25, 0.3) is 20.8 Å². The molecule has 3 aromatic rings. The minimum absolute atomic E-state index is 0.0343. The third-order valence-corrected chi connectivity index (χ3v) is 7.24. The van der Waals surface area contributed by atoms with Crippen LogP contribution in [0.2, 0.25) is 0 Å². The Labute approximate surface area is 182 Å². The summed E-state index contributed by atoms with van der Waals surface area (Å²) in [6.07, 6.45) is 1.26. The van der Waals surface area contributed by atoms with Gasteiger partial charge in [0, 0.05) is 55.7 Å². The molecule has 6 nitrogen and oxygen atoms in total. The lowest BCUT2D eigenvalue weighted by Crippen LogP contribution is -2.32. The molecule has 3 N–H and O–H groups in total. The number of fused-ring (bicyclic) bond motifs is 2. The van der Waals surface area contributed by atoms with E-state index in [9.17, 15) is 9.18 Å². The van der Waals surface area contributed by atoms with Gasteiger partial charge in [0.2, 0.25) is 5.91 Å². The molecule has 30 heavy (non-hydrogen) atoms. The molecule has 0 fully saturated rings. The van der Waals surface area contributed by atoms with Crippen LogP contribution in [0.3, 0.4) is 0 Å². The monoisotopic (exact) mass is 448 g/mol. The van der Waals surface area contributed by atoms with E-state index in [4.69, 9.17) is 9.72 Å². The number of aromatic nitrogens is 1. The number of nitrogens with one attached hydrogen (secondary N) is 3. The summed E-state index contributed by atoms with van der Waals surface area (Å²) in [6.45, 7) is 4.86. The summed E-state index contributed by atoms with van der Waals surface area (Å²) in [5.41, 5.74) is 2.88. The Morgan fingerprint density at radius 1 is 1.37 bits per heavy atom. The number of carbonyl (C=O) groups excluding carboxylic acids is 1. The maximum absolute atomic E-state index is 13.6. The molecule has 0 unspecified atom stereocenters. The number of carbonyl (C=O) groups is 1. The van der Waals surface area contributed by atoms with Crippen molar-refractivity contribution in [2.24, 2.45) is 0 Å².